The minimum atomic E-state index is -0.490. The lowest BCUT2D eigenvalue weighted by Crippen LogP contribution is -2.31. The number of carbonyl (C=O) groups excluding carboxylic acids is 1. The molecule has 2 aromatic rings. The summed E-state index contributed by atoms with van der Waals surface area (Å²) in [7, 11) is 1.54. The number of hydrogen-bond acceptors (Lipinski definition) is 5. The number of carbonyl (C=O) groups is 1. The Balaban J connectivity index is 2.12. The number of nitrogens with one attached hydrogen (secondary N) is 2. The first-order valence-electron chi connectivity index (χ1n) is 6.20. The highest BCUT2D eigenvalue weighted by molar-refractivity contribution is 5.89. The van der Waals surface area contributed by atoms with Crippen LogP contribution in [0.2, 0.25) is 0 Å². The third-order valence-electron chi connectivity index (χ3n) is 2.65. The Morgan fingerprint density at radius 1 is 1.48 bits per heavy atom. The van der Waals surface area contributed by atoms with E-state index >= 15 is 0 Å². The molecule has 0 aliphatic heterocycles. The highest BCUT2D eigenvalue weighted by atomic mass is 19.1. The van der Waals surface area contributed by atoms with Crippen LogP contribution in [-0.2, 0) is 4.74 Å². The van der Waals surface area contributed by atoms with E-state index in [4.69, 9.17) is 4.74 Å². The van der Waals surface area contributed by atoms with Crippen LogP contribution in [0, 0.1) is 12.7 Å². The number of aromatic nitrogens is 4. The lowest BCUT2D eigenvalue weighted by Gasteiger charge is -2.09. The molecule has 1 heterocycles. The maximum Gasteiger partial charge on any atom is 0.319 e. The zero-order valence-corrected chi connectivity index (χ0v) is 11.6. The van der Waals surface area contributed by atoms with Gasteiger partial charge in [-0.2, -0.15) is 4.68 Å². The number of anilines is 1. The molecule has 9 heteroatoms. The fourth-order valence-electron chi connectivity index (χ4n) is 1.65. The quantitative estimate of drug-likeness (QED) is 0.798. The molecule has 0 fully saturated rings. The van der Waals surface area contributed by atoms with Crippen LogP contribution < -0.4 is 10.6 Å². The van der Waals surface area contributed by atoms with E-state index in [2.05, 4.69) is 26.2 Å². The van der Waals surface area contributed by atoms with Gasteiger partial charge in [-0.25, -0.2) is 9.18 Å². The normalized spacial score (nSPS) is 10.4. The number of ether oxygens (including phenoxy) is 1. The Morgan fingerprint density at radius 2 is 2.29 bits per heavy atom. The van der Waals surface area contributed by atoms with Crippen molar-refractivity contribution in [2.45, 2.75) is 6.92 Å². The number of amides is 2. The zero-order valence-electron chi connectivity index (χ0n) is 11.6. The van der Waals surface area contributed by atoms with Gasteiger partial charge in [0.15, 0.2) is 5.82 Å². The molecule has 8 nitrogen and oxygen atoms in total. The second kappa shape index (κ2) is 6.75. The van der Waals surface area contributed by atoms with Crippen LogP contribution in [0.25, 0.3) is 5.69 Å². The van der Waals surface area contributed by atoms with Crippen molar-refractivity contribution in [3.63, 3.8) is 0 Å². The molecule has 0 bridgehead atoms. The van der Waals surface area contributed by atoms with Gasteiger partial charge in [0.2, 0.25) is 0 Å². The minimum Gasteiger partial charge on any atom is -0.383 e. The first-order chi connectivity index (χ1) is 10.1. The van der Waals surface area contributed by atoms with E-state index in [1.807, 2.05) is 0 Å². The molecule has 2 N–H and O–H groups in total. The van der Waals surface area contributed by atoms with Crippen LogP contribution in [0.5, 0.6) is 0 Å². The molecular formula is C12H15FN6O2. The second-order valence-electron chi connectivity index (χ2n) is 4.18. The number of rotatable bonds is 5. The van der Waals surface area contributed by atoms with E-state index in [-0.39, 0.29) is 5.69 Å². The number of urea groups is 1. The summed E-state index contributed by atoms with van der Waals surface area (Å²) in [6, 6.07) is 3.74. The maximum atomic E-state index is 13.8. The average Bonchev–Trinajstić information content (AvgIpc) is 2.87. The van der Waals surface area contributed by atoms with Crippen molar-refractivity contribution < 1.29 is 13.9 Å². The fourth-order valence-corrected chi connectivity index (χ4v) is 1.65. The number of tetrazole rings is 1. The van der Waals surface area contributed by atoms with Crippen molar-refractivity contribution in [3.8, 4) is 5.69 Å². The Hall–Kier alpha value is -2.55. The summed E-state index contributed by atoms with van der Waals surface area (Å²) in [6.45, 7) is 2.44. The summed E-state index contributed by atoms with van der Waals surface area (Å²) >= 11 is 0. The number of methoxy groups -OCH3 is 1. The first-order valence-corrected chi connectivity index (χ1v) is 6.20. The summed E-state index contributed by atoms with van der Waals surface area (Å²) in [5.74, 6) is -0.0497. The zero-order chi connectivity index (χ0) is 15.2. The minimum absolute atomic E-state index is 0.159. The first kappa shape index (κ1) is 14.9. The van der Waals surface area contributed by atoms with Gasteiger partial charge in [-0.15, -0.1) is 5.10 Å². The largest absolute Gasteiger partial charge is 0.383 e. The van der Waals surface area contributed by atoms with Crippen molar-refractivity contribution in [1.29, 1.82) is 0 Å². The number of halogens is 1. The molecule has 0 aliphatic carbocycles. The summed E-state index contributed by atoms with van der Waals surface area (Å²) in [5.41, 5.74) is 0.586. The monoisotopic (exact) mass is 294 g/mol. The van der Waals surface area contributed by atoms with Crippen molar-refractivity contribution in [2.75, 3.05) is 25.6 Å². The Bertz CT molecular complexity index is 630. The van der Waals surface area contributed by atoms with E-state index in [0.717, 1.165) is 0 Å². The number of benzene rings is 1. The van der Waals surface area contributed by atoms with E-state index in [0.29, 0.717) is 24.7 Å². The molecule has 0 unspecified atom stereocenters. The SMILES string of the molecule is COCCNC(=O)Nc1ccc(F)c(-n2nnnc2C)c1. The standard InChI is InChI=1S/C12H15FN6O2/c1-8-16-17-18-19(8)11-7-9(3-4-10(11)13)15-12(20)14-5-6-21-2/h3-4,7H,5-6H2,1-2H3,(H2,14,15,20). The molecule has 0 aliphatic rings. The van der Waals surface area contributed by atoms with Crippen molar-refractivity contribution >= 4 is 11.7 Å². The Kier molecular flexibility index (Phi) is 4.77. The topological polar surface area (TPSA) is 94.0 Å². The van der Waals surface area contributed by atoms with Crippen LogP contribution in [0.15, 0.2) is 18.2 Å². The van der Waals surface area contributed by atoms with Gasteiger partial charge in [0.05, 0.1) is 6.61 Å². The molecule has 0 saturated carbocycles. The van der Waals surface area contributed by atoms with Gasteiger partial charge >= 0.3 is 6.03 Å². The second-order valence-corrected chi connectivity index (χ2v) is 4.18. The summed E-state index contributed by atoms with van der Waals surface area (Å²) in [4.78, 5) is 11.6. The van der Waals surface area contributed by atoms with Gasteiger partial charge in [0, 0.05) is 19.3 Å². The fraction of sp³-hybridized carbons (Fsp3) is 0.333. The summed E-state index contributed by atoms with van der Waals surface area (Å²) in [6.07, 6.45) is 0. The van der Waals surface area contributed by atoms with Gasteiger partial charge in [-0.05, 0) is 35.5 Å². The molecule has 1 aromatic heterocycles. The van der Waals surface area contributed by atoms with E-state index in [9.17, 15) is 9.18 Å². The number of hydrogen-bond donors (Lipinski definition) is 2. The highest BCUT2D eigenvalue weighted by Crippen LogP contribution is 2.18. The number of nitrogens with zero attached hydrogens (tertiary/aromatic N) is 4. The molecule has 0 radical (unpaired) electrons. The van der Waals surface area contributed by atoms with Crippen LogP contribution in [-0.4, -0.2) is 46.5 Å². The van der Waals surface area contributed by atoms with Crippen molar-refractivity contribution in [3.05, 3.63) is 29.8 Å². The highest BCUT2D eigenvalue weighted by Gasteiger charge is 2.11. The molecule has 112 valence electrons. The van der Waals surface area contributed by atoms with Crippen LogP contribution in [0.1, 0.15) is 5.82 Å². The Morgan fingerprint density at radius 3 is 2.95 bits per heavy atom. The molecule has 1 aromatic carbocycles. The number of aryl methyl sites for hydroxylation is 1. The predicted molar refractivity (Wildman–Crippen MR) is 72.7 cm³/mol. The van der Waals surface area contributed by atoms with Crippen LogP contribution in [0.4, 0.5) is 14.9 Å². The van der Waals surface area contributed by atoms with Gasteiger partial charge in [-0.3, -0.25) is 0 Å². The molecule has 0 atom stereocenters. The third-order valence-corrected chi connectivity index (χ3v) is 2.65. The van der Waals surface area contributed by atoms with E-state index < -0.39 is 11.8 Å². The van der Waals surface area contributed by atoms with Crippen LogP contribution >= 0.6 is 0 Å². The summed E-state index contributed by atoms with van der Waals surface area (Å²) in [5, 5.41) is 16.0. The van der Waals surface area contributed by atoms with E-state index in [1.54, 1.807) is 14.0 Å². The van der Waals surface area contributed by atoms with Crippen molar-refractivity contribution in [1.82, 2.24) is 25.5 Å². The Labute approximate surface area is 120 Å². The van der Waals surface area contributed by atoms with Crippen molar-refractivity contribution in [2.24, 2.45) is 0 Å². The molecule has 21 heavy (non-hydrogen) atoms. The van der Waals surface area contributed by atoms with E-state index in [1.165, 1.54) is 22.9 Å². The van der Waals surface area contributed by atoms with Gasteiger partial charge in [-0.1, -0.05) is 0 Å². The molecular weight excluding hydrogens is 279 g/mol. The van der Waals surface area contributed by atoms with Gasteiger partial charge in [0.1, 0.15) is 11.5 Å². The lowest BCUT2D eigenvalue weighted by atomic mass is 10.2. The molecule has 2 rings (SSSR count). The molecule has 0 saturated heterocycles. The van der Waals surface area contributed by atoms with Gasteiger partial charge < -0.3 is 15.4 Å². The molecule has 0 spiro atoms. The van der Waals surface area contributed by atoms with Gasteiger partial charge in [0.25, 0.3) is 0 Å². The molecule has 2 amide bonds. The predicted octanol–water partition coefficient (Wildman–Crippen LogP) is 0.878. The summed E-state index contributed by atoms with van der Waals surface area (Å²) < 4.78 is 19.9. The maximum absolute atomic E-state index is 13.8. The lowest BCUT2D eigenvalue weighted by molar-refractivity contribution is 0.198. The average molecular weight is 294 g/mol. The third kappa shape index (κ3) is 3.72. The van der Waals surface area contributed by atoms with Crippen LogP contribution in [0.3, 0.4) is 0 Å². The smallest absolute Gasteiger partial charge is 0.319 e.